The Kier molecular flexibility index (Phi) is 4.74. The first-order chi connectivity index (χ1) is 11.7. The molecule has 0 spiro atoms. The summed E-state index contributed by atoms with van der Waals surface area (Å²) in [4.78, 5) is 29.8. The van der Waals surface area contributed by atoms with Gasteiger partial charge in [0.1, 0.15) is 6.10 Å². The van der Waals surface area contributed by atoms with Gasteiger partial charge in [0.15, 0.2) is 0 Å². The van der Waals surface area contributed by atoms with E-state index in [4.69, 9.17) is 4.74 Å². The van der Waals surface area contributed by atoms with Crippen molar-refractivity contribution < 1.29 is 19.1 Å². The van der Waals surface area contributed by atoms with Crippen molar-refractivity contribution in [2.75, 3.05) is 20.2 Å². The second kappa shape index (κ2) is 7.12. The number of rotatable bonds is 4. The first kappa shape index (κ1) is 16.0. The van der Waals surface area contributed by atoms with E-state index >= 15 is 0 Å². The molecule has 0 aliphatic carbocycles. The molecular formula is C18H18N2O4. The number of ether oxygens (including phenoxy) is 2. The standard InChI is InChI=1S/C18H18N2O4/c1-23-18(22)14-7-5-13(6-8-14)17(21)20-11-9-15(12-20)24-16-4-2-3-10-19-16/h2-8,10,15H,9,11-12H2,1H3. The summed E-state index contributed by atoms with van der Waals surface area (Å²) in [6.07, 6.45) is 2.39. The van der Waals surface area contributed by atoms with E-state index in [9.17, 15) is 9.59 Å². The molecule has 1 amide bonds. The normalized spacial score (nSPS) is 16.7. The average Bonchev–Trinajstić information content (AvgIpc) is 3.10. The predicted molar refractivity (Wildman–Crippen MR) is 87.0 cm³/mol. The monoisotopic (exact) mass is 326 g/mol. The van der Waals surface area contributed by atoms with Crippen LogP contribution in [0.25, 0.3) is 0 Å². The summed E-state index contributed by atoms with van der Waals surface area (Å²) < 4.78 is 10.4. The topological polar surface area (TPSA) is 68.7 Å². The van der Waals surface area contributed by atoms with Crippen LogP contribution in [-0.2, 0) is 4.74 Å². The van der Waals surface area contributed by atoms with Gasteiger partial charge in [-0.2, -0.15) is 0 Å². The molecule has 1 aromatic heterocycles. The zero-order valence-electron chi connectivity index (χ0n) is 13.3. The van der Waals surface area contributed by atoms with Gasteiger partial charge in [-0.1, -0.05) is 6.07 Å². The number of hydrogen-bond donors (Lipinski definition) is 0. The van der Waals surface area contributed by atoms with Crippen LogP contribution in [0.5, 0.6) is 5.88 Å². The van der Waals surface area contributed by atoms with E-state index in [2.05, 4.69) is 9.72 Å². The zero-order chi connectivity index (χ0) is 16.9. The maximum Gasteiger partial charge on any atom is 0.337 e. The molecule has 3 rings (SSSR count). The number of nitrogens with zero attached hydrogens (tertiary/aromatic N) is 2. The molecular weight excluding hydrogens is 308 g/mol. The number of amides is 1. The minimum atomic E-state index is -0.418. The molecule has 1 fully saturated rings. The molecule has 1 aliphatic heterocycles. The zero-order valence-corrected chi connectivity index (χ0v) is 13.3. The van der Waals surface area contributed by atoms with E-state index in [1.165, 1.54) is 7.11 Å². The molecule has 1 aromatic carbocycles. The van der Waals surface area contributed by atoms with E-state index < -0.39 is 5.97 Å². The highest BCUT2D eigenvalue weighted by molar-refractivity contribution is 5.96. The molecule has 0 bridgehead atoms. The number of likely N-dealkylation sites (tertiary alicyclic amines) is 1. The Balaban J connectivity index is 1.61. The minimum Gasteiger partial charge on any atom is -0.472 e. The van der Waals surface area contributed by atoms with Crippen molar-refractivity contribution in [3.8, 4) is 5.88 Å². The lowest BCUT2D eigenvalue weighted by Gasteiger charge is -2.17. The Morgan fingerprint density at radius 3 is 2.54 bits per heavy atom. The minimum absolute atomic E-state index is 0.0572. The van der Waals surface area contributed by atoms with Crippen molar-refractivity contribution in [2.45, 2.75) is 12.5 Å². The fourth-order valence-corrected chi connectivity index (χ4v) is 2.65. The van der Waals surface area contributed by atoms with Crippen molar-refractivity contribution in [3.63, 3.8) is 0 Å². The van der Waals surface area contributed by atoms with Gasteiger partial charge in [-0.3, -0.25) is 4.79 Å². The summed E-state index contributed by atoms with van der Waals surface area (Å²) in [5.41, 5.74) is 0.966. The Hall–Kier alpha value is -2.89. The maximum atomic E-state index is 12.5. The van der Waals surface area contributed by atoms with Gasteiger partial charge in [-0.25, -0.2) is 9.78 Å². The lowest BCUT2D eigenvalue weighted by Crippen LogP contribution is -2.31. The van der Waals surface area contributed by atoms with Crippen LogP contribution in [0.3, 0.4) is 0 Å². The fraction of sp³-hybridized carbons (Fsp3) is 0.278. The fourth-order valence-electron chi connectivity index (χ4n) is 2.65. The van der Waals surface area contributed by atoms with Crippen molar-refractivity contribution in [1.29, 1.82) is 0 Å². The largest absolute Gasteiger partial charge is 0.472 e. The third-order valence-electron chi connectivity index (χ3n) is 3.91. The molecule has 6 heteroatoms. The number of methoxy groups -OCH3 is 1. The number of aromatic nitrogens is 1. The predicted octanol–water partition coefficient (Wildman–Crippen LogP) is 2.16. The van der Waals surface area contributed by atoms with E-state index in [1.807, 2.05) is 12.1 Å². The maximum absolute atomic E-state index is 12.5. The van der Waals surface area contributed by atoms with Crippen LogP contribution in [0, 0.1) is 0 Å². The molecule has 0 N–H and O–H groups in total. The Morgan fingerprint density at radius 2 is 1.88 bits per heavy atom. The highest BCUT2D eigenvalue weighted by Gasteiger charge is 2.28. The van der Waals surface area contributed by atoms with Gasteiger partial charge in [0, 0.05) is 30.8 Å². The van der Waals surface area contributed by atoms with Gasteiger partial charge in [0.2, 0.25) is 5.88 Å². The summed E-state index contributed by atoms with van der Waals surface area (Å²) >= 11 is 0. The van der Waals surface area contributed by atoms with Gasteiger partial charge >= 0.3 is 5.97 Å². The van der Waals surface area contributed by atoms with Gasteiger partial charge < -0.3 is 14.4 Å². The van der Waals surface area contributed by atoms with Crippen LogP contribution in [0.2, 0.25) is 0 Å². The summed E-state index contributed by atoms with van der Waals surface area (Å²) in [5.74, 6) is 0.0803. The number of esters is 1. The molecule has 1 aliphatic rings. The van der Waals surface area contributed by atoms with Crippen molar-refractivity contribution in [3.05, 3.63) is 59.8 Å². The number of benzene rings is 1. The summed E-state index contributed by atoms with van der Waals surface area (Å²) in [7, 11) is 1.33. The first-order valence-electron chi connectivity index (χ1n) is 7.72. The van der Waals surface area contributed by atoms with Crippen LogP contribution in [0.1, 0.15) is 27.1 Å². The first-order valence-corrected chi connectivity index (χ1v) is 7.72. The third kappa shape index (κ3) is 3.53. The van der Waals surface area contributed by atoms with Crippen LogP contribution in [0.15, 0.2) is 48.7 Å². The highest BCUT2D eigenvalue weighted by Crippen LogP contribution is 2.18. The van der Waals surface area contributed by atoms with E-state index in [0.29, 0.717) is 30.1 Å². The van der Waals surface area contributed by atoms with Crippen LogP contribution >= 0.6 is 0 Å². The number of hydrogen-bond acceptors (Lipinski definition) is 5. The Morgan fingerprint density at radius 1 is 1.12 bits per heavy atom. The van der Waals surface area contributed by atoms with Gasteiger partial charge in [-0.05, 0) is 30.3 Å². The van der Waals surface area contributed by atoms with Crippen molar-refractivity contribution in [2.24, 2.45) is 0 Å². The molecule has 6 nitrogen and oxygen atoms in total. The average molecular weight is 326 g/mol. The van der Waals surface area contributed by atoms with E-state index in [0.717, 1.165) is 6.42 Å². The summed E-state index contributed by atoms with van der Waals surface area (Å²) in [6, 6.07) is 12.0. The second-order valence-electron chi connectivity index (χ2n) is 5.52. The number of carbonyl (C=O) groups excluding carboxylic acids is 2. The van der Waals surface area contributed by atoms with E-state index in [-0.39, 0.29) is 12.0 Å². The lowest BCUT2D eigenvalue weighted by molar-refractivity contribution is 0.0600. The lowest BCUT2D eigenvalue weighted by atomic mass is 10.1. The Labute approximate surface area is 140 Å². The van der Waals surface area contributed by atoms with Gasteiger partial charge in [-0.15, -0.1) is 0 Å². The molecule has 1 atom stereocenters. The molecule has 0 radical (unpaired) electrons. The van der Waals surface area contributed by atoms with Crippen molar-refractivity contribution in [1.82, 2.24) is 9.88 Å². The SMILES string of the molecule is COC(=O)c1ccc(C(=O)N2CCC(Oc3ccccn3)C2)cc1. The van der Waals surface area contributed by atoms with Gasteiger partial charge in [0.05, 0.1) is 19.2 Å². The molecule has 0 saturated carbocycles. The third-order valence-corrected chi connectivity index (χ3v) is 3.91. The number of pyridine rings is 1. The highest BCUT2D eigenvalue weighted by atomic mass is 16.5. The Bertz CT molecular complexity index is 716. The number of carbonyl (C=O) groups is 2. The summed E-state index contributed by atoms with van der Waals surface area (Å²) in [5, 5.41) is 0. The molecule has 1 unspecified atom stereocenters. The quantitative estimate of drug-likeness (QED) is 0.805. The molecule has 2 heterocycles. The summed E-state index contributed by atoms with van der Waals surface area (Å²) in [6.45, 7) is 1.16. The molecule has 24 heavy (non-hydrogen) atoms. The van der Waals surface area contributed by atoms with Crippen LogP contribution < -0.4 is 4.74 Å². The molecule has 1 saturated heterocycles. The molecule has 2 aromatic rings. The smallest absolute Gasteiger partial charge is 0.337 e. The van der Waals surface area contributed by atoms with Crippen LogP contribution in [-0.4, -0.2) is 48.1 Å². The second-order valence-corrected chi connectivity index (χ2v) is 5.52. The van der Waals surface area contributed by atoms with Crippen LogP contribution in [0.4, 0.5) is 0 Å². The van der Waals surface area contributed by atoms with E-state index in [1.54, 1.807) is 41.4 Å². The van der Waals surface area contributed by atoms with Gasteiger partial charge in [0.25, 0.3) is 5.91 Å². The van der Waals surface area contributed by atoms with Crippen molar-refractivity contribution >= 4 is 11.9 Å². The molecule has 124 valence electrons.